The number of aliphatic imine (C=N–C) groups is 1. The molecule has 4 nitrogen and oxygen atoms in total. The van der Waals surface area contributed by atoms with Crippen LogP contribution in [0.5, 0.6) is 0 Å². The average Bonchev–Trinajstić information content (AvgIpc) is 3.16. The standard InChI is InChI=1S/C16H30N4/c1-13(19(3)14-5-6-14)11-18-15(17-2)20-10-9-16(12-20)7-4-8-16/h13-14H,4-12H2,1-3H3,(H,17,18). The second-order valence-electron chi connectivity index (χ2n) is 7.20. The minimum absolute atomic E-state index is 0.583. The molecule has 3 rings (SSSR count). The highest BCUT2D eigenvalue weighted by atomic mass is 15.3. The van der Waals surface area contributed by atoms with Crippen molar-refractivity contribution in [3.63, 3.8) is 0 Å². The lowest BCUT2D eigenvalue weighted by Gasteiger charge is -2.38. The van der Waals surface area contributed by atoms with E-state index in [4.69, 9.17) is 0 Å². The van der Waals surface area contributed by atoms with E-state index in [1.54, 1.807) is 0 Å². The van der Waals surface area contributed by atoms with Gasteiger partial charge >= 0.3 is 0 Å². The number of guanidine groups is 1. The molecule has 0 radical (unpaired) electrons. The summed E-state index contributed by atoms with van der Waals surface area (Å²) in [6, 6.07) is 1.42. The summed E-state index contributed by atoms with van der Waals surface area (Å²) in [6.45, 7) is 5.73. The van der Waals surface area contributed by atoms with E-state index in [2.05, 4.69) is 34.1 Å². The summed E-state index contributed by atoms with van der Waals surface area (Å²) in [5.74, 6) is 1.12. The molecule has 1 N–H and O–H groups in total. The van der Waals surface area contributed by atoms with E-state index in [-0.39, 0.29) is 0 Å². The van der Waals surface area contributed by atoms with Gasteiger partial charge in [0.05, 0.1) is 0 Å². The van der Waals surface area contributed by atoms with Crippen LogP contribution in [0.25, 0.3) is 0 Å². The molecule has 1 spiro atoms. The summed E-state index contributed by atoms with van der Waals surface area (Å²) in [7, 11) is 4.18. The van der Waals surface area contributed by atoms with Crippen LogP contribution in [0.2, 0.25) is 0 Å². The maximum absolute atomic E-state index is 4.50. The van der Waals surface area contributed by atoms with Crippen LogP contribution in [0.15, 0.2) is 4.99 Å². The molecule has 3 fully saturated rings. The predicted molar refractivity (Wildman–Crippen MR) is 84.1 cm³/mol. The fraction of sp³-hybridized carbons (Fsp3) is 0.938. The van der Waals surface area contributed by atoms with E-state index >= 15 is 0 Å². The Labute approximate surface area is 123 Å². The third kappa shape index (κ3) is 2.80. The molecule has 0 aromatic carbocycles. The number of likely N-dealkylation sites (N-methyl/N-ethyl adjacent to an activating group) is 1. The Morgan fingerprint density at radius 3 is 2.65 bits per heavy atom. The molecule has 2 aliphatic carbocycles. The average molecular weight is 278 g/mol. The Kier molecular flexibility index (Phi) is 3.93. The van der Waals surface area contributed by atoms with Gasteiger partial charge in [0.25, 0.3) is 0 Å². The minimum Gasteiger partial charge on any atom is -0.355 e. The van der Waals surface area contributed by atoms with E-state index in [9.17, 15) is 0 Å². The molecule has 4 heteroatoms. The predicted octanol–water partition coefficient (Wildman–Crippen LogP) is 1.92. The number of nitrogens with one attached hydrogen (secondary N) is 1. The van der Waals surface area contributed by atoms with Crippen molar-refractivity contribution >= 4 is 5.96 Å². The van der Waals surface area contributed by atoms with Crippen molar-refractivity contribution in [1.82, 2.24) is 15.1 Å². The van der Waals surface area contributed by atoms with Crippen LogP contribution in [-0.2, 0) is 0 Å². The van der Waals surface area contributed by atoms with Gasteiger partial charge < -0.3 is 10.2 Å². The SMILES string of the molecule is CN=C(NCC(C)N(C)C1CC1)N1CCC2(CCC2)C1. The zero-order valence-corrected chi connectivity index (χ0v) is 13.4. The largest absolute Gasteiger partial charge is 0.355 e. The summed E-state index contributed by atoms with van der Waals surface area (Å²) in [5, 5.41) is 3.59. The van der Waals surface area contributed by atoms with Gasteiger partial charge in [-0.15, -0.1) is 0 Å². The molecule has 1 saturated heterocycles. The highest BCUT2D eigenvalue weighted by Gasteiger charge is 2.43. The van der Waals surface area contributed by atoms with Crippen LogP contribution in [0, 0.1) is 5.41 Å². The topological polar surface area (TPSA) is 30.9 Å². The summed E-state index contributed by atoms with van der Waals surface area (Å²) in [6.07, 6.45) is 8.42. The van der Waals surface area contributed by atoms with Crippen molar-refractivity contribution in [2.45, 2.75) is 57.5 Å². The van der Waals surface area contributed by atoms with Crippen molar-refractivity contribution in [2.75, 3.05) is 33.7 Å². The molecule has 114 valence electrons. The van der Waals surface area contributed by atoms with Gasteiger partial charge in [0.1, 0.15) is 0 Å². The maximum Gasteiger partial charge on any atom is 0.193 e. The number of likely N-dealkylation sites (tertiary alicyclic amines) is 1. The van der Waals surface area contributed by atoms with Crippen molar-refractivity contribution in [1.29, 1.82) is 0 Å². The van der Waals surface area contributed by atoms with Crippen molar-refractivity contribution in [2.24, 2.45) is 10.4 Å². The Balaban J connectivity index is 1.47. The van der Waals surface area contributed by atoms with Crippen LogP contribution in [0.3, 0.4) is 0 Å². The zero-order chi connectivity index (χ0) is 14.2. The molecule has 20 heavy (non-hydrogen) atoms. The lowest BCUT2D eigenvalue weighted by atomic mass is 9.68. The van der Waals surface area contributed by atoms with Crippen LogP contribution < -0.4 is 5.32 Å². The van der Waals surface area contributed by atoms with E-state index in [0.29, 0.717) is 11.5 Å². The van der Waals surface area contributed by atoms with Gasteiger partial charge in [0, 0.05) is 38.8 Å². The zero-order valence-electron chi connectivity index (χ0n) is 13.4. The molecule has 0 amide bonds. The molecule has 3 aliphatic rings. The first-order valence-corrected chi connectivity index (χ1v) is 8.31. The van der Waals surface area contributed by atoms with Gasteiger partial charge in [-0.3, -0.25) is 9.89 Å². The lowest BCUT2D eigenvalue weighted by Crippen LogP contribution is -2.47. The van der Waals surface area contributed by atoms with E-state index in [1.807, 2.05) is 7.05 Å². The Bertz CT molecular complexity index is 371. The molecule has 2 saturated carbocycles. The number of nitrogens with zero attached hydrogens (tertiary/aromatic N) is 3. The van der Waals surface area contributed by atoms with Gasteiger partial charge in [0.2, 0.25) is 0 Å². The molecule has 0 aromatic rings. The Morgan fingerprint density at radius 1 is 1.40 bits per heavy atom. The smallest absolute Gasteiger partial charge is 0.193 e. The Morgan fingerprint density at radius 2 is 2.15 bits per heavy atom. The number of hydrogen-bond donors (Lipinski definition) is 1. The molecule has 1 aliphatic heterocycles. The third-order valence-corrected chi connectivity index (χ3v) is 5.74. The third-order valence-electron chi connectivity index (χ3n) is 5.74. The molecule has 1 unspecified atom stereocenters. The monoisotopic (exact) mass is 278 g/mol. The minimum atomic E-state index is 0.583. The van der Waals surface area contributed by atoms with Crippen molar-refractivity contribution in [3.05, 3.63) is 0 Å². The second kappa shape index (κ2) is 5.55. The van der Waals surface area contributed by atoms with Crippen LogP contribution in [0.1, 0.15) is 45.4 Å². The van der Waals surface area contributed by atoms with E-state index in [0.717, 1.165) is 18.5 Å². The summed E-state index contributed by atoms with van der Waals surface area (Å²) in [5.41, 5.74) is 0.647. The highest BCUT2D eigenvalue weighted by Crippen LogP contribution is 2.47. The molecule has 1 heterocycles. The van der Waals surface area contributed by atoms with Crippen LogP contribution in [0.4, 0.5) is 0 Å². The van der Waals surface area contributed by atoms with Gasteiger partial charge in [-0.2, -0.15) is 0 Å². The van der Waals surface area contributed by atoms with Gasteiger partial charge in [-0.25, -0.2) is 0 Å². The fourth-order valence-corrected chi connectivity index (χ4v) is 3.76. The van der Waals surface area contributed by atoms with Gasteiger partial charge in [-0.05, 0) is 51.5 Å². The molecule has 0 aromatic heterocycles. The normalized spacial score (nSPS) is 27.0. The van der Waals surface area contributed by atoms with E-state index < -0.39 is 0 Å². The summed E-state index contributed by atoms with van der Waals surface area (Å²) < 4.78 is 0. The quantitative estimate of drug-likeness (QED) is 0.629. The molecule has 1 atom stereocenters. The summed E-state index contributed by atoms with van der Waals surface area (Å²) >= 11 is 0. The first-order chi connectivity index (χ1) is 9.63. The second-order valence-corrected chi connectivity index (χ2v) is 7.20. The fourth-order valence-electron chi connectivity index (χ4n) is 3.76. The van der Waals surface area contributed by atoms with Crippen LogP contribution in [-0.4, -0.2) is 61.6 Å². The number of rotatable bonds is 4. The van der Waals surface area contributed by atoms with Gasteiger partial charge in [-0.1, -0.05) is 6.42 Å². The van der Waals surface area contributed by atoms with Crippen LogP contribution >= 0.6 is 0 Å². The van der Waals surface area contributed by atoms with Crippen molar-refractivity contribution < 1.29 is 0 Å². The first kappa shape index (κ1) is 14.2. The molecular formula is C16H30N4. The number of hydrogen-bond acceptors (Lipinski definition) is 2. The molecular weight excluding hydrogens is 248 g/mol. The highest BCUT2D eigenvalue weighted by molar-refractivity contribution is 5.80. The first-order valence-electron chi connectivity index (χ1n) is 8.31. The summed E-state index contributed by atoms with van der Waals surface area (Å²) in [4.78, 5) is 9.49. The maximum atomic E-state index is 4.50. The van der Waals surface area contributed by atoms with E-state index in [1.165, 1.54) is 51.6 Å². The molecule has 0 bridgehead atoms. The Hall–Kier alpha value is -0.770. The van der Waals surface area contributed by atoms with Gasteiger partial charge in [0.15, 0.2) is 5.96 Å². The lowest BCUT2D eigenvalue weighted by molar-refractivity contribution is 0.151. The van der Waals surface area contributed by atoms with Crippen molar-refractivity contribution in [3.8, 4) is 0 Å².